The molecule has 31 heavy (non-hydrogen) atoms. The van der Waals surface area contributed by atoms with Crippen LogP contribution in [0.25, 0.3) is 0 Å². The molecule has 174 valence electrons. The van der Waals surface area contributed by atoms with Gasteiger partial charge in [-0.3, -0.25) is 14.7 Å². The highest BCUT2D eigenvalue weighted by Crippen LogP contribution is 2.36. The molecule has 1 aromatic carbocycles. The lowest BCUT2D eigenvalue weighted by molar-refractivity contribution is -0.137. The molecular formula is C22H34F3N5O. The molecule has 1 fully saturated rings. The topological polar surface area (TPSA) is 68.8 Å². The molecule has 2 atom stereocenters. The highest BCUT2D eigenvalue weighted by molar-refractivity contribution is 5.86. The summed E-state index contributed by atoms with van der Waals surface area (Å²) >= 11 is 0. The van der Waals surface area contributed by atoms with Crippen LogP contribution in [0, 0.1) is 5.92 Å². The number of aliphatic imine (C=N–C) groups is 1. The van der Waals surface area contributed by atoms with Gasteiger partial charge in [-0.05, 0) is 70.8 Å². The van der Waals surface area contributed by atoms with E-state index in [-0.39, 0.29) is 30.0 Å². The molecule has 1 amide bonds. The number of benzene rings is 1. The molecule has 2 unspecified atom stereocenters. The Labute approximate surface area is 182 Å². The van der Waals surface area contributed by atoms with E-state index < -0.39 is 11.7 Å². The van der Waals surface area contributed by atoms with Crippen LogP contribution in [0.5, 0.6) is 0 Å². The van der Waals surface area contributed by atoms with Crippen LogP contribution in [0.4, 0.5) is 13.2 Å². The average molecular weight is 442 g/mol. The first-order valence-electron chi connectivity index (χ1n) is 10.5. The van der Waals surface area contributed by atoms with E-state index >= 15 is 0 Å². The van der Waals surface area contributed by atoms with Crippen molar-refractivity contribution >= 4 is 11.9 Å². The first kappa shape index (κ1) is 25.0. The van der Waals surface area contributed by atoms with Gasteiger partial charge in [0.15, 0.2) is 5.96 Å². The second-order valence-electron chi connectivity index (χ2n) is 9.05. The Kier molecular flexibility index (Phi) is 8.34. The number of carbonyl (C=O) groups excluding carboxylic acids is 1. The molecule has 0 aromatic heterocycles. The van der Waals surface area contributed by atoms with E-state index in [2.05, 4.69) is 25.8 Å². The van der Waals surface area contributed by atoms with E-state index in [1.54, 1.807) is 19.2 Å². The van der Waals surface area contributed by atoms with Gasteiger partial charge in [0, 0.05) is 25.2 Å². The van der Waals surface area contributed by atoms with Crippen molar-refractivity contribution in [2.75, 3.05) is 33.7 Å². The number of piperidine rings is 1. The maximum absolute atomic E-state index is 12.9. The van der Waals surface area contributed by atoms with Crippen molar-refractivity contribution in [3.63, 3.8) is 0 Å². The summed E-state index contributed by atoms with van der Waals surface area (Å²) in [4.78, 5) is 18.4. The second-order valence-corrected chi connectivity index (χ2v) is 9.05. The molecule has 0 spiro atoms. The fourth-order valence-corrected chi connectivity index (χ4v) is 3.94. The van der Waals surface area contributed by atoms with E-state index in [1.165, 1.54) is 0 Å². The van der Waals surface area contributed by atoms with Crippen LogP contribution in [0.1, 0.15) is 50.8 Å². The van der Waals surface area contributed by atoms with E-state index in [4.69, 9.17) is 0 Å². The van der Waals surface area contributed by atoms with E-state index in [1.807, 2.05) is 27.8 Å². The summed E-state index contributed by atoms with van der Waals surface area (Å²) < 4.78 is 38.7. The molecule has 1 saturated heterocycles. The predicted octanol–water partition coefficient (Wildman–Crippen LogP) is 3.17. The van der Waals surface area contributed by atoms with Gasteiger partial charge in [0.1, 0.15) is 0 Å². The number of nitrogens with zero attached hydrogens (tertiary/aromatic N) is 2. The summed E-state index contributed by atoms with van der Waals surface area (Å²) in [6, 6.07) is 5.46. The molecular weight excluding hydrogens is 407 g/mol. The molecule has 0 bridgehead atoms. The summed E-state index contributed by atoms with van der Waals surface area (Å²) in [5, 5.41) is 9.16. The molecule has 0 saturated carbocycles. The van der Waals surface area contributed by atoms with Crippen molar-refractivity contribution in [2.24, 2.45) is 10.9 Å². The Morgan fingerprint density at radius 2 is 1.81 bits per heavy atom. The fourth-order valence-electron chi connectivity index (χ4n) is 3.94. The van der Waals surface area contributed by atoms with Crippen LogP contribution >= 0.6 is 0 Å². The number of carbonyl (C=O) groups is 1. The Bertz CT molecular complexity index is 756. The van der Waals surface area contributed by atoms with Gasteiger partial charge < -0.3 is 16.0 Å². The van der Waals surface area contributed by atoms with Gasteiger partial charge in [0.25, 0.3) is 0 Å². The highest BCUT2D eigenvalue weighted by Gasteiger charge is 2.33. The minimum atomic E-state index is -4.34. The smallest absolute Gasteiger partial charge is 0.356 e. The number of nitrogens with one attached hydrogen (secondary N) is 3. The Balaban J connectivity index is 2.00. The standard InChI is InChI=1S/C22H34F3N5O/c1-21(2,3)29-18(31)14-28-20(26-4)27-13-16-7-6-12-30(5)19(16)15-8-10-17(11-9-15)22(23,24)25/h8-11,16,19H,6-7,12-14H2,1-5H3,(H,29,31)(H2,26,27,28). The van der Waals surface area contributed by atoms with E-state index in [0.29, 0.717) is 12.5 Å². The van der Waals surface area contributed by atoms with E-state index in [0.717, 1.165) is 37.1 Å². The van der Waals surface area contributed by atoms with Gasteiger partial charge in [-0.15, -0.1) is 0 Å². The molecule has 1 aromatic rings. The number of guanidine groups is 1. The zero-order valence-electron chi connectivity index (χ0n) is 18.9. The molecule has 2 rings (SSSR count). The maximum Gasteiger partial charge on any atom is 0.416 e. The van der Waals surface area contributed by atoms with E-state index in [9.17, 15) is 18.0 Å². The van der Waals surface area contributed by atoms with Gasteiger partial charge in [-0.1, -0.05) is 12.1 Å². The van der Waals surface area contributed by atoms with Crippen molar-refractivity contribution in [1.82, 2.24) is 20.9 Å². The third-order valence-corrected chi connectivity index (χ3v) is 5.27. The van der Waals surface area contributed by atoms with Gasteiger partial charge >= 0.3 is 6.18 Å². The molecule has 9 heteroatoms. The first-order valence-corrected chi connectivity index (χ1v) is 10.5. The van der Waals surface area contributed by atoms with Crippen LogP contribution in [0.3, 0.4) is 0 Å². The number of hydrogen-bond donors (Lipinski definition) is 3. The number of amides is 1. The lowest BCUT2D eigenvalue weighted by Crippen LogP contribution is -2.49. The van der Waals surface area contributed by atoms with Gasteiger partial charge in [-0.2, -0.15) is 13.2 Å². The lowest BCUT2D eigenvalue weighted by Gasteiger charge is -2.40. The number of hydrogen-bond acceptors (Lipinski definition) is 3. The van der Waals surface area contributed by atoms with Crippen LogP contribution < -0.4 is 16.0 Å². The molecule has 1 aliphatic heterocycles. The summed E-state index contributed by atoms with van der Waals surface area (Å²) in [5.74, 6) is 0.580. The normalized spacial score (nSPS) is 21.0. The molecule has 1 heterocycles. The van der Waals surface area contributed by atoms with Crippen LogP contribution in [-0.4, -0.2) is 56.0 Å². The monoisotopic (exact) mass is 441 g/mol. The lowest BCUT2D eigenvalue weighted by atomic mass is 9.84. The largest absolute Gasteiger partial charge is 0.416 e. The Morgan fingerprint density at radius 1 is 1.16 bits per heavy atom. The number of halogens is 3. The number of likely N-dealkylation sites (tertiary alicyclic amines) is 1. The van der Waals surface area contributed by atoms with Crippen LogP contribution in [0.15, 0.2) is 29.3 Å². The second kappa shape index (κ2) is 10.3. The summed E-state index contributed by atoms with van der Waals surface area (Å²) in [6.07, 6.45) is -2.38. The van der Waals surface area contributed by atoms with Crippen LogP contribution in [-0.2, 0) is 11.0 Å². The molecule has 6 nitrogen and oxygen atoms in total. The maximum atomic E-state index is 12.9. The SMILES string of the molecule is CN=C(NCC(=O)NC(C)(C)C)NCC1CCCN(C)C1c1ccc(C(F)(F)F)cc1. The zero-order valence-corrected chi connectivity index (χ0v) is 18.9. The average Bonchev–Trinajstić information content (AvgIpc) is 2.66. The zero-order chi connectivity index (χ0) is 23.2. The van der Waals surface area contributed by atoms with Crippen LogP contribution in [0.2, 0.25) is 0 Å². The number of alkyl halides is 3. The predicted molar refractivity (Wildman–Crippen MR) is 117 cm³/mol. The Morgan fingerprint density at radius 3 is 2.35 bits per heavy atom. The van der Waals surface area contributed by atoms with Crippen molar-refractivity contribution < 1.29 is 18.0 Å². The minimum absolute atomic E-state index is 0.00540. The third kappa shape index (κ3) is 7.72. The van der Waals surface area contributed by atoms with Crippen molar-refractivity contribution in [3.05, 3.63) is 35.4 Å². The van der Waals surface area contributed by atoms with Crippen molar-refractivity contribution in [3.8, 4) is 0 Å². The Hall–Kier alpha value is -2.29. The van der Waals surface area contributed by atoms with Crippen molar-refractivity contribution in [1.29, 1.82) is 0 Å². The summed E-state index contributed by atoms with van der Waals surface area (Å²) in [6.45, 7) is 7.33. The summed E-state index contributed by atoms with van der Waals surface area (Å²) in [7, 11) is 3.63. The molecule has 0 aliphatic carbocycles. The minimum Gasteiger partial charge on any atom is -0.356 e. The number of rotatable bonds is 5. The third-order valence-electron chi connectivity index (χ3n) is 5.27. The highest BCUT2D eigenvalue weighted by atomic mass is 19.4. The molecule has 1 aliphatic rings. The quantitative estimate of drug-likeness (QED) is 0.485. The molecule has 3 N–H and O–H groups in total. The van der Waals surface area contributed by atoms with Gasteiger partial charge in [0.05, 0.1) is 12.1 Å². The summed E-state index contributed by atoms with van der Waals surface area (Å²) in [5.41, 5.74) is -0.0749. The first-order chi connectivity index (χ1) is 14.4. The van der Waals surface area contributed by atoms with Crippen molar-refractivity contribution in [2.45, 2.75) is 51.4 Å². The molecule has 0 radical (unpaired) electrons. The van der Waals surface area contributed by atoms with Gasteiger partial charge in [0.2, 0.25) is 5.91 Å². The van der Waals surface area contributed by atoms with Gasteiger partial charge in [-0.25, -0.2) is 0 Å². The fraction of sp³-hybridized carbons (Fsp3) is 0.636.